The largest absolute Gasteiger partial charge is 0.444 e. The summed E-state index contributed by atoms with van der Waals surface area (Å²) in [7, 11) is 0. The van der Waals surface area contributed by atoms with E-state index in [2.05, 4.69) is 16.6 Å². The molecule has 0 fully saturated rings. The third-order valence-electron chi connectivity index (χ3n) is 4.58. The van der Waals surface area contributed by atoms with Crippen LogP contribution in [-0.4, -0.2) is 58.5 Å². The predicted octanol–water partition coefficient (Wildman–Crippen LogP) is 3.62. The number of hydrogen-bond donors (Lipinski definition) is 2. The minimum absolute atomic E-state index is 0.296. The van der Waals surface area contributed by atoms with E-state index >= 15 is 0 Å². The second-order valence-electron chi connectivity index (χ2n) is 10.0. The Morgan fingerprint density at radius 1 is 1.14 bits per heavy atom. The summed E-state index contributed by atoms with van der Waals surface area (Å²) in [5.41, 5.74) is -0.221. The van der Waals surface area contributed by atoms with Crippen LogP contribution < -0.4 is 10.6 Å². The van der Waals surface area contributed by atoms with Crippen LogP contribution in [0, 0.1) is 23.7 Å². The summed E-state index contributed by atoms with van der Waals surface area (Å²) in [5.74, 6) is 2.09. The van der Waals surface area contributed by atoms with Crippen LogP contribution in [0.25, 0.3) is 0 Å². The number of nitrogens with one attached hydrogen (secondary N) is 2. The minimum atomic E-state index is -1.11. The number of terminal acetylenes is 1. The van der Waals surface area contributed by atoms with Gasteiger partial charge in [0.15, 0.2) is 0 Å². The van der Waals surface area contributed by atoms with Gasteiger partial charge < -0.3 is 20.3 Å². The van der Waals surface area contributed by atoms with Gasteiger partial charge in [-0.25, -0.2) is 4.79 Å². The number of ether oxygens (including phenoxy) is 1. The molecule has 2 N–H and O–H groups in total. The van der Waals surface area contributed by atoms with Crippen LogP contribution in [0.4, 0.5) is 4.79 Å². The van der Waals surface area contributed by atoms with E-state index in [-0.39, 0.29) is 6.54 Å². The molecule has 1 aromatic carbocycles. The molecule has 0 aromatic heterocycles. The Morgan fingerprint density at radius 2 is 1.74 bits per heavy atom. The summed E-state index contributed by atoms with van der Waals surface area (Å²) in [5, 5.41) is 15.1. The van der Waals surface area contributed by atoms with Gasteiger partial charge in [0.25, 0.3) is 0 Å². The van der Waals surface area contributed by atoms with Gasteiger partial charge in [0.05, 0.1) is 6.07 Å². The van der Waals surface area contributed by atoms with Crippen molar-refractivity contribution in [2.75, 3.05) is 18.6 Å². The molecule has 0 radical (unpaired) electrons. The zero-order chi connectivity index (χ0) is 26.8. The molecule has 2 unspecified atom stereocenters. The lowest BCUT2D eigenvalue weighted by Crippen LogP contribution is -2.54. The van der Waals surface area contributed by atoms with E-state index in [1.54, 1.807) is 45.0 Å². The number of carbonyl (C=O) groups excluding carboxylic acids is 3. The summed E-state index contributed by atoms with van der Waals surface area (Å²) in [6, 6.07) is 6.57. The molecule has 8 nitrogen and oxygen atoms in total. The van der Waals surface area contributed by atoms with Gasteiger partial charge in [-0.2, -0.15) is 17.0 Å². The molecule has 0 bridgehead atoms. The van der Waals surface area contributed by atoms with Crippen LogP contribution in [0.1, 0.15) is 65.1 Å². The third kappa shape index (κ3) is 10.3. The smallest absolute Gasteiger partial charge is 0.408 e. The summed E-state index contributed by atoms with van der Waals surface area (Å²) >= 11 is 1.51. The van der Waals surface area contributed by atoms with E-state index in [9.17, 15) is 19.6 Å². The van der Waals surface area contributed by atoms with Crippen molar-refractivity contribution in [3.63, 3.8) is 0 Å². The van der Waals surface area contributed by atoms with Crippen molar-refractivity contribution in [3.8, 4) is 18.4 Å². The minimum Gasteiger partial charge on any atom is -0.444 e. The monoisotopic (exact) mass is 500 g/mol. The molecular weight excluding hydrogens is 464 g/mol. The van der Waals surface area contributed by atoms with Crippen molar-refractivity contribution < 1.29 is 19.1 Å². The highest BCUT2D eigenvalue weighted by molar-refractivity contribution is 7.98. The van der Waals surface area contributed by atoms with Crippen molar-refractivity contribution in [1.29, 1.82) is 5.26 Å². The standard InChI is InChI=1S/C26H36N4O4S/c1-9-18-10-12-19(13-11-18)21(22(31)29-25(2,3)4)30(16-15-27)23(32)20(14-17-35-8)28-24(33)34-26(5,6)7/h1,10-13,20-21H,14,16-17H2,2-8H3,(H,28,33)(H,29,31). The summed E-state index contributed by atoms with van der Waals surface area (Å²) in [6.45, 7) is 10.3. The van der Waals surface area contributed by atoms with Gasteiger partial charge in [-0.1, -0.05) is 18.1 Å². The summed E-state index contributed by atoms with van der Waals surface area (Å²) in [6.07, 6.45) is 6.89. The molecule has 35 heavy (non-hydrogen) atoms. The highest BCUT2D eigenvalue weighted by Gasteiger charge is 2.37. The lowest BCUT2D eigenvalue weighted by Gasteiger charge is -2.34. The fraction of sp³-hybridized carbons (Fsp3) is 0.538. The zero-order valence-electron chi connectivity index (χ0n) is 21.6. The van der Waals surface area contributed by atoms with Crippen molar-refractivity contribution in [2.45, 2.75) is 71.2 Å². The maximum absolute atomic E-state index is 13.7. The first-order chi connectivity index (χ1) is 16.2. The Bertz CT molecular complexity index is 966. The molecular formula is C26H36N4O4S. The highest BCUT2D eigenvalue weighted by atomic mass is 32.2. The molecule has 0 saturated carbocycles. The lowest BCUT2D eigenvalue weighted by atomic mass is 9.99. The molecule has 0 spiro atoms. The molecule has 190 valence electrons. The predicted molar refractivity (Wildman–Crippen MR) is 138 cm³/mol. The summed E-state index contributed by atoms with van der Waals surface area (Å²) in [4.78, 5) is 40.8. The number of hydrogen-bond acceptors (Lipinski definition) is 6. The number of carbonyl (C=O) groups is 3. The Labute approximate surface area is 213 Å². The number of nitrogens with zero attached hydrogens (tertiary/aromatic N) is 2. The first kappa shape index (κ1) is 29.9. The van der Waals surface area contributed by atoms with Crippen LogP contribution in [0.15, 0.2) is 24.3 Å². The number of benzene rings is 1. The topological polar surface area (TPSA) is 112 Å². The molecule has 1 rings (SSSR count). The van der Waals surface area contributed by atoms with E-state index in [0.29, 0.717) is 23.3 Å². The molecule has 0 saturated heterocycles. The average molecular weight is 501 g/mol. The molecule has 9 heteroatoms. The third-order valence-corrected chi connectivity index (χ3v) is 5.22. The van der Waals surface area contributed by atoms with Gasteiger partial charge in [-0.15, -0.1) is 6.42 Å². The van der Waals surface area contributed by atoms with Crippen LogP contribution in [0.2, 0.25) is 0 Å². The van der Waals surface area contributed by atoms with E-state index in [4.69, 9.17) is 11.2 Å². The van der Waals surface area contributed by atoms with E-state index in [0.717, 1.165) is 0 Å². The van der Waals surface area contributed by atoms with Crippen LogP contribution in [-0.2, 0) is 14.3 Å². The van der Waals surface area contributed by atoms with Crippen molar-refractivity contribution in [2.24, 2.45) is 0 Å². The van der Waals surface area contributed by atoms with E-state index in [1.807, 2.05) is 33.1 Å². The number of amides is 3. The molecule has 2 atom stereocenters. The second kappa shape index (κ2) is 13.1. The molecule has 0 aliphatic rings. The molecule has 0 aliphatic heterocycles. The average Bonchev–Trinajstić information content (AvgIpc) is 2.73. The van der Waals surface area contributed by atoms with Gasteiger partial charge >= 0.3 is 6.09 Å². The van der Waals surface area contributed by atoms with Crippen molar-refractivity contribution in [3.05, 3.63) is 35.4 Å². The Kier molecular flexibility index (Phi) is 11.1. The lowest BCUT2D eigenvalue weighted by molar-refractivity contribution is -0.142. The van der Waals surface area contributed by atoms with Gasteiger partial charge in [0, 0.05) is 11.1 Å². The van der Waals surface area contributed by atoms with Crippen molar-refractivity contribution >= 4 is 29.7 Å². The van der Waals surface area contributed by atoms with Crippen LogP contribution >= 0.6 is 11.8 Å². The fourth-order valence-corrected chi connectivity index (χ4v) is 3.66. The SMILES string of the molecule is C#Cc1ccc(C(C(=O)NC(C)(C)C)N(CC#N)C(=O)C(CCSC)NC(=O)OC(C)(C)C)cc1. The van der Waals surface area contributed by atoms with E-state index in [1.165, 1.54) is 16.7 Å². The molecule has 0 heterocycles. The highest BCUT2D eigenvalue weighted by Crippen LogP contribution is 2.24. The summed E-state index contributed by atoms with van der Waals surface area (Å²) < 4.78 is 5.33. The number of rotatable bonds is 9. The fourth-order valence-electron chi connectivity index (χ4n) is 3.19. The van der Waals surface area contributed by atoms with E-state index < -0.39 is 41.1 Å². The first-order valence-corrected chi connectivity index (χ1v) is 12.7. The van der Waals surface area contributed by atoms with Gasteiger partial charge in [-0.3, -0.25) is 9.59 Å². The molecule has 1 aromatic rings. The van der Waals surface area contributed by atoms with Crippen molar-refractivity contribution in [1.82, 2.24) is 15.5 Å². The van der Waals surface area contributed by atoms with Gasteiger partial charge in [-0.05, 0) is 77.7 Å². The second-order valence-corrected chi connectivity index (χ2v) is 11.0. The quantitative estimate of drug-likeness (QED) is 0.396. The Morgan fingerprint density at radius 3 is 2.20 bits per heavy atom. The molecule has 0 aliphatic carbocycles. The first-order valence-electron chi connectivity index (χ1n) is 11.3. The maximum Gasteiger partial charge on any atom is 0.408 e. The van der Waals surface area contributed by atoms with Crippen LogP contribution in [0.5, 0.6) is 0 Å². The van der Waals surface area contributed by atoms with Gasteiger partial charge in [0.1, 0.15) is 24.2 Å². The number of thioether (sulfide) groups is 1. The maximum atomic E-state index is 13.7. The number of nitriles is 1. The number of alkyl carbamates (subject to hydrolysis) is 1. The zero-order valence-corrected chi connectivity index (χ0v) is 22.4. The normalized spacial score (nSPS) is 12.9. The van der Waals surface area contributed by atoms with Crippen LogP contribution in [0.3, 0.4) is 0 Å². The molecule has 3 amide bonds. The van der Waals surface area contributed by atoms with Gasteiger partial charge in [0.2, 0.25) is 11.8 Å². The Balaban J connectivity index is 3.46. The Hall–Kier alpha value is -3.17.